The summed E-state index contributed by atoms with van der Waals surface area (Å²) in [5.74, 6) is 0. The lowest BCUT2D eigenvalue weighted by atomic mass is 10.2. The predicted molar refractivity (Wildman–Crippen MR) is 59.1 cm³/mol. The maximum atomic E-state index is 12.2. The number of alkyl halides is 3. The van der Waals surface area contributed by atoms with E-state index in [-0.39, 0.29) is 0 Å². The molecule has 17 heavy (non-hydrogen) atoms. The average Bonchev–Trinajstić information content (AvgIpc) is 2.57. The van der Waals surface area contributed by atoms with Crippen molar-refractivity contribution >= 4 is 22.5 Å². The van der Waals surface area contributed by atoms with Gasteiger partial charge in [-0.05, 0) is 24.3 Å². The number of aromatic amines is 1. The van der Waals surface area contributed by atoms with E-state index in [1.165, 1.54) is 0 Å². The van der Waals surface area contributed by atoms with Crippen molar-refractivity contribution in [3.05, 3.63) is 35.0 Å². The zero-order chi connectivity index (χ0) is 12.6. The van der Waals surface area contributed by atoms with Crippen molar-refractivity contribution in [3.63, 3.8) is 0 Å². The van der Waals surface area contributed by atoms with Gasteiger partial charge < -0.3 is 10.1 Å². The van der Waals surface area contributed by atoms with E-state index in [0.717, 1.165) is 5.39 Å². The highest BCUT2D eigenvalue weighted by molar-refractivity contribution is 6.31. The van der Waals surface area contributed by atoms with Crippen LogP contribution in [0.15, 0.2) is 24.3 Å². The minimum absolute atomic E-state index is 0.326. The molecule has 1 aromatic heterocycles. The Morgan fingerprint density at radius 1 is 1.29 bits per heavy atom. The highest BCUT2D eigenvalue weighted by Crippen LogP contribution is 2.25. The molecule has 0 aliphatic carbocycles. The normalized spacial score (nSPS) is 14.2. The van der Waals surface area contributed by atoms with E-state index >= 15 is 0 Å². The third-order valence-electron chi connectivity index (χ3n) is 2.43. The van der Waals surface area contributed by atoms with E-state index in [2.05, 4.69) is 4.98 Å². The van der Waals surface area contributed by atoms with Gasteiger partial charge in [0.15, 0.2) is 6.10 Å². The van der Waals surface area contributed by atoms with Crippen LogP contribution in [0.25, 0.3) is 10.9 Å². The number of aromatic nitrogens is 1. The summed E-state index contributed by atoms with van der Waals surface area (Å²) in [5.41, 5.74) is 1.02. The summed E-state index contributed by atoms with van der Waals surface area (Å²) in [5, 5.41) is 10.2. The summed E-state index contributed by atoms with van der Waals surface area (Å²) < 4.78 is 36.5. The van der Waals surface area contributed by atoms with E-state index < -0.39 is 18.7 Å². The van der Waals surface area contributed by atoms with Gasteiger partial charge in [0.2, 0.25) is 0 Å². The maximum Gasteiger partial charge on any atom is 0.414 e. The van der Waals surface area contributed by atoms with Crippen LogP contribution < -0.4 is 0 Å². The maximum absolute atomic E-state index is 12.2. The molecule has 2 rings (SSSR count). The van der Waals surface area contributed by atoms with Crippen LogP contribution in [-0.4, -0.2) is 22.4 Å². The van der Waals surface area contributed by atoms with Crippen LogP contribution in [0.1, 0.15) is 5.69 Å². The Morgan fingerprint density at radius 2 is 2.00 bits per heavy atom. The molecule has 1 unspecified atom stereocenters. The molecule has 0 bridgehead atoms. The Kier molecular flexibility index (Phi) is 3.05. The summed E-state index contributed by atoms with van der Waals surface area (Å²) >= 11 is 5.76. The molecule has 0 fully saturated rings. The van der Waals surface area contributed by atoms with Crippen LogP contribution in [-0.2, 0) is 6.42 Å². The fourth-order valence-corrected chi connectivity index (χ4v) is 1.78. The molecule has 6 heteroatoms. The summed E-state index contributed by atoms with van der Waals surface area (Å²) in [7, 11) is 0. The number of benzene rings is 1. The van der Waals surface area contributed by atoms with E-state index in [9.17, 15) is 13.2 Å². The van der Waals surface area contributed by atoms with Gasteiger partial charge in [0.1, 0.15) is 0 Å². The summed E-state index contributed by atoms with van der Waals surface area (Å²) in [6.07, 6.45) is -7.45. The molecule has 2 N–H and O–H groups in total. The van der Waals surface area contributed by atoms with E-state index in [1.807, 2.05) is 0 Å². The molecule has 0 radical (unpaired) electrons. The molecule has 0 aliphatic heterocycles. The van der Waals surface area contributed by atoms with E-state index in [4.69, 9.17) is 16.7 Å². The van der Waals surface area contributed by atoms with Crippen molar-refractivity contribution in [2.24, 2.45) is 0 Å². The molecule has 0 spiro atoms. The highest BCUT2D eigenvalue weighted by atomic mass is 35.5. The first kappa shape index (κ1) is 12.3. The number of aliphatic hydroxyl groups excluding tert-OH is 1. The number of aliphatic hydroxyl groups is 1. The molecule has 0 aliphatic rings. The number of halogens is 4. The second kappa shape index (κ2) is 4.23. The average molecular weight is 264 g/mol. The fraction of sp³-hybridized carbons (Fsp3) is 0.273. The minimum Gasteiger partial charge on any atom is -0.383 e. The molecule has 0 saturated carbocycles. The summed E-state index contributed by atoms with van der Waals surface area (Å²) in [4.78, 5) is 2.81. The van der Waals surface area contributed by atoms with Crippen molar-refractivity contribution in [1.29, 1.82) is 0 Å². The molecule has 2 nitrogen and oxygen atoms in total. The minimum atomic E-state index is -4.60. The Balaban J connectivity index is 2.25. The Bertz CT molecular complexity index is 535. The zero-order valence-corrected chi connectivity index (χ0v) is 9.31. The Labute approximate surface area is 100 Å². The van der Waals surface area contributed by atoms with Gasteiger partial charge in [0.05, 0.1) is 0 Å². The van der Waals surface area contributed by atoms with Gasteiger partial charge in [-0.2, -0.15) is 13.2 Å². The number of hydrogen-bond donors (Lipinski definition) is 2. The van der Waals surface area contributed by atoms with Gasteiger partial charge in [-0.15, -0.1) is 0 Å². The van der Waals surface area contributed by atoms with Crippen molar-refractivity contribution < 1.29 is 18.3 Å². The topological polar surface area (TPSA) is 36.0 Å². The van der Waals surface area contributed by atoms with Crippen LogP contribution in [0.3, 0.4) is 0 Å². The molecular formula is C11H9ClF3NO. The van der Waals surface area contributed by atoms with Gasteiger partial charge in [0.25, 0.3) is 0 Å². The first-order valence-corrected chi connectivity index (χ1v) is 5.26. The number of hydrogen-bond acceptors (Lipinski definition) is 1. The number of H-pyrrole nitrogens is 1. The molecule has 92 valence electrons. The first-order chi connectivity index (χ1) is 7.86. The van der Waals surface area contributed by atoms with Crippen molar-refractivity contribution in [1.82, 2.24) is 4.98 Å². The van der Waals surface area contributed by atoms with Crippen LogP contribution in [0.2, 0.25) is 5.02 Å². The number of fused-ring (bicyclic) bond motifs is 1. The second-order valence-electron chi connectivity index (χ2n) is 3.79. The predicted octanol–water partition coefficient (Wildman–Crippen LogP) is 3.29. The lowest BCUT2D eigenvalue weighted by molar-refractivity contribution is -0.203. The lowest BCUT2D eigenvalue weighted by Crippen LogP contribution is -2.30. The Morgan fingerprint density at radius 3 is 2.65 bits per heavy atom. The van der Waals surface area contributed by atoms with E-state index in [0.29, 0.717) is 16.2 Å². The smallest absolute Gasteiger partial charge is 0.383 e. The van der Waals surface area contributed by atoms with Gasteiger partial charge in [0, 0.05) is 28.0 Å². The molecule has 1 heterocycles. The molecule has 0 saturated heterocycles. The van der Waals surface area contributed by atoms with Crippen LogP contribution in [0.5, 0.6) is 0 Å². The van der Waals surface area contributed by atoms with Crippen molar-refractivity contribution in [2.45, 2.75) is 18.7 Å². The standard InChI is InChI=1S/C11H9ClF3NO/c12-7-1-2-9-6(3-7)4-8(16-9)5-10(17)11(13,14)15/h1-4,10,16-17H,5H2. The molecular weight excluding hydrogens is 255 g/mol. The molecule has 1 atom stereocenters. The first-order valence-electron chi connectivity index (χ1n) is 4.88. The third-order valence-corrected chi connectivity index (χ3v) is 2.66. The monoisotopic (exact) mass is 263 g/mol. The van der Waals surface area contributed by atoms with Gasteiger partial charge in [-0.25, -0.2) is 0 Å². The third kappa shape index (κ3) is 2.73. The van der Waals surface area contributed by atoms with Crippen LogP contribution >= 0.6 is 11.6 Å². The summed E-state index contributed by atoms with van der Waals surface area (Å²) in [6, 6.07) is 6.53. The SMILES string of the molecule is OC(Cc1cc2cc(Cl)ccc2[nH]1)C(F)(F)F. The molecule has 1 aromatic carbocycles. The van der Waals surface area contributed by atoms with Crippen LogP contribution in [0.4, 0.5) is 13.2 Å². The summed E-state index contributed by atoms with van der Waals surface area (Å²) in [6.45, 7) is 0. The zero-order valence-electron chi connectivity index (χ0n) is 8.55. The highest BCUT2D eigenvalue weighted by Gasteiger charge is 2.38. The second-order valence-corrected chi connectivity index (χ2v) is 4.22. The van der Waals surface area contributed by atoms with Crippen molar-refractivity contribution in [2.75, 3.05) is 0 Å². The number of rotatable bonds is 2. The van der Waals surface area contributed by atoms with E-state index in [1.54, 1.807) is 24.3 Å². The van der Waals surface area contributed by atoms with Gasteiger partial charge in [-0.3, -0.25) is 0 Å². The quantitative estimate of drug-likeness (QED) is 0.857. The largest absolute Gasteiger partial charge is 0.414 e. The Hall–Kier alpha value is -1.20. The van der Waals surface area contributed by atoms with Crippen molar-refractivity contribution in [3.8, 4) is 0 Å². The van der Waals surface area contributed by atoms with Gasteiger partial charge in [-0.1, -0.05) is 11.6 Å². The number of nitrogens with one attached hydrogen (secondary N) is 1. The molecule has 0 amide bonds. The lowest BCUT2D eigenvalue weighted by Gasteiger charge is -2.12. The van der Waals surface area contributed by atoms with Crippen LogP contribution in [0, 0.1) is 0 Å². The van der Waals surface area contributed by atoms with Gasteiger partial charge >= 0.3 is 6.18 Å². The molecule has 2 aromatic rings. The fourth-order valence-electron chi connectivity index (χ4n) is 1.60.